The number of fused-ring (bicyclic) bond motifs is 1. The van der Waals surface area contributed by atoms with Crippen molar-refractivity contribution in [3.05, 3.63) is 46.8 Å². The smallest absolute Gasteiger partial charge is 0.192 e. The third kappa shape index (κ3) is 1.23. The minimum Gasteiger partial charge on any atom is -0.464 e. The van der Waals surface area contributed by atoms with Crippen LogP contribution >= 0.6 is 0 Å². The van der Waals surface area contributed by atoms with Gasteiger partial charge >= 0.3 is 0 Å². The lowest BCUT2D eigenvalue weighted by atomic mass is 10.2. The second kappa shape index (κ2) is 3.22. The molecule has 2 nitrogen and oxygen atoms in total. The molecular formula is C10H10O2. The third-order valence-corrected chi connectivity index (χ3v) is 1.57. The van der Waals surface area contributed by atoms with Gasteiger partial charge in [-0.3, -0.25) is 4.79 Å². The standard InChI is InChI=1S/C9H6O2.CH4/c10-8-5-6-11-9-4-2-1-3-7(8)9;/h1-6H;1H4. The minimum absolute atomic E-state index is 0. The Morgan fingerprint density at radius 3 is 2.58 bits per heavy atom. The summed E-state index contributed by atoms with van der Waals surface area (Å²) in [4.78, 5) is 11.1. The number of hydrogen-bond donors (Lipinski definition) is 0. The van der Waals surface area contributed by atoms with E-state index in [4.69, 9.17) is 4.42 Å². The summed E-state index contributed by atoms with van der Waals surface area (Å²) in [6, 6.07) is 8.60. The Hall–Kier alpha value is -1.57. The zero-order valence-electron chi connectivity index (χ0n) is 5.78. The summed E-state index contributed by atoms with van der Waals surface area (Å²) in [7, 11) is 0. The topological polar surface area (TPSA) is 30.2 Å². The van der Waals surface area contributed by atoms with Crippen LogP contribution in [0, 0.1) is 0 Å². The fourth-order valence-corrected chi connectivity index (χ4v) is 1.03. The number of hydrogen-bond acceptors (Lipinski definition) is 2. The van der Waals surface area contributed by atoms with Crippen LogP contribution in [0.1, 0.15) is 7.43 Å². The molecule has 0 aliphatic rings. The largest absolute Gasteiger partial charge is 0.464 e. The summed E-state index contributed by atoms with van der Waals surface area (Å²) < 4.78 is 5.09. The van der Waals surface area contributed by atoms with Crippen molar-refractivity contribution in [2.45, 2.75) is 7.43 Å². The first-order valence-electron chi connectivity index (χ1n) is 3.34. The first-order chi connectivity index (χ1) is 5.38. The molecule has 62 valence electrons. The molecule has 0 saturated carbocycles. The molecule has 2 heteroatoms. The van der Waals surface area contributed by atoms with Crippen LogP contribution < -0.4 is 5.43 Å². The zero-order valence-corrected chi connectivity index (χ0v) is 5.78. The SMILES string of the molecule is C.O=c1ccoc2ccccc12. The van der Waals surface area contributed by atoms with E-state index in [2.05, 4.69) is 0 Å². The van der Waals surface area contributed by atoms with Crippen LogP contribution in [0.3, 0.4) is 0 Å². The van der Waals surface area contributed by atoms with E-state index < -0.39 is 0 Å². The Labute approximate surface area is 70.5 Å². The van der Waals surface area contributed by atoms with E-state index in [-0.39, 0.29) is 12.9 Å². The Balaban J connectivity index is 0.000000720. The van der Waals surface area contributed by atoms with Crippen molar-refractivity contribution in [2.75, 3.05) is 0 Å². The van der Waals surface area contributed by atoms with Gasteiger partial charge in [0.15, 0.2) is 5.43 Å². The second-order valence-corrected chi connectivity index (χ2v) is 2.28. The van der Waals surface area contributed by atoms with Gasteiger partial charge in [-0.2, -0.15) is 0 Å². The number of rotatable bonds is 0. The average molecular weight is 162 g/mol. The summed E-state index contributed by atoms with van der Waals surface area (Å²) in [5.74, 6) is 0. The van der Waals surface area contributed by atoms with Crippen molar-refractivity contribution in [1.82, 2.24) is 0 Å². The molecule has 0 radical (unpaired) electrons. The molecular weight excluding hydrogens is 152 g/mol. The fourth-order valence-electron chi connectivity index (χ4n) is 1.03. The normalized spacial score (nSPS) is 9.33. The molecule has 0 atom stereocenters. The Morgan fingerprint density at radius 2 is 1.83 bits per heavy atom. The van der Waals surface area contributed by atoms with E-state index in [0.29, 0.717) is 11.0 Å². The number of para-hydroxylation sites is 1. The van der Waals surface area contributed by atoms with E-state index in [1.807, 2.05) is 12.1 Å². The predicted octanol–water partition coefficient (Wildman–Crippen LogP) is 2.43. The molecule has 2 rings (SSSR count). The lowest BCUT2D eigenvalue weighted by Crippen LogP contribution is -1.96. The molecule has 0 spiro atoms. The lowest BCUT2D eigenvalue weighted by molar-refractivity contribution is 0.602. The molecule has 0 aliphatic carbocycles. The van der Waals surface area contributed by atoms with Crippen LogP contribution in [-0.4, -0.2) is 0 Å². The third-order valence-electron chi connectivity index (χ3n) is 1.57. The molecule has 0 aliphatic heterocycles. The Bertz CT molecular complexity index is 424. The molecule has 0 saturated heterocycles. The molecule has 1 aromatic carbocycles. The highest BCUT2D eigenvalue weighted by Crippen LogP contribution is 2.06. The zero-order chi connectivity index (χ0) is 7.68. The van der Waals surface area contributed by atoms with Crippen molar-refractivity contribution in [3.63, 3.8) is 0 Å². The second-order valence-electron chi connectivity index (χ2n) is 2.28. The summed E-state index contributed by atoms with van der Waals surface area (Å²) in [5, 5.41) is 0.634. The van der Waals surface area contributed by atoms with E-state index in [9.17, 15) is 4.79 Å². The van der Waals surface area contributed by atoms with E-state index in [0.717, 1.165) is 0 Å². The molecule has 1 heterocycles. The van der Waals surface area contributed by atoms with Crippen molar-refractivity contribution < 1.29 is 4.42 Å². The highest BCUT2D eigenvalue weighted by atomic mass is 16.3. The van der Waals surface area contributed by atoms with E-state index >= 15 is 0 Å². The first kappa shape index (κ1) is 8.53. The predicted molar refractivity (Wildman–Crippen MR) is 49.2 cm³/mol. The molecule has 0 bridgehead atoms. The molecule has 0 N–H and O–H groups in total. The van der Waals surface area contributed by atoms with Gasteiger partial charge in [0.05, 0.1) is 11.6 Å². The van der Waals surface area contributed by atoms with Gasteiger partial charge in [0.1, 0.15) is 5.58 Å². The summed E-state index contributed by atoms with van der Waals surface area (Å²) in [6.45, 7) is 0. The van der Waals surface area contributed by atoms with Crippen LogP contribution in [0.25, 0.3) is 11.0 Å². The molecule has 0 unspecified atom stereocenters. The maximum Gasteiger partial charge on any atom is 0.192 e. The van der Waals surface area contributed by atoms with Crippen molar-refractivity contribution in [2.24, 2.45) is 0 Å². The van der Waals surface area contributed by atoms with Gasteiger partial charge in [0.2, 0.25) is 0 Å². The van der Waals surface area contributed by atoms with E-state index in [1.165, 1.54) is 12.3 Å². The quantitative estimate of drug-likeness (QED) is 0.595. The van der Waals surface area contributed by atoms with Crippen LogP contribution in [-0.2, 0) is 0 Å². The van der Waals surface area contributed by atoms with Crippen molar-refractivity contribution >= 4 is 11.0 Å². The number of benzene rings is 1. The summed E-state index contributed by atoms with van der Waals surface area (Å²) >= 11 is 0. The maximum absolute atomic E-state index is 11.1. The monoisotopic (exact) mass is 162 g/mol. The molecule has 1 aromatic heterocycles. The fraction of sp³-hybridized carbons (Fsp3) is 0.100. The highest BCUT2D eigenvalue weighted by Gasteiger charge is 1.95. The van der Waals surface area contributed by atoms with Gasteiger partial charge in [-0.25, -0.2) is 0 Å². The van der Waals surface area contributed by atoms with Gasteiger partial charge in [0.25, 0.3) is 0 Å². The van der Waals surface area contributed by atoms with Crippen molar-refractivity contribution in [3.8, 4) is 0 Å². The molecule has 12 heavy (non-hydrogen) atoms. The highest BCUT2D eigenvalue weighted by molar-refractivity contribution is 5.75. The van der Waals surface area contributed by atoms with Gasteiger partial charge in [-0.1, -0.05) is 19.6 Å². The molecule has 2 aromatic rings. The summed E-state index contributed by atoms with van der Waals surface area (Å²) in [6.07, 6.45) is 1.41. The minimum atomic E-state index is 0. The Kier molecular flexibility index (Phi) is 2.29. The van der Waals surface area contributed by atoms with Crippen LogP contribution in [0.4, 0.5) is 0 Å². The van der Waals surface area contributed by atoms with Gasteiger partial charge in [-0.15, -0.1) is 0 Å². The van der Waals surface area contributed by atoms with Crippen LogP contribution in [0.5, 0.6) is 0 Å². The summed E-state index contributed by atoms with van der Waals surface area (Å²) in [5.41, 5.74) is 0.645. The lowest BCUT2D eigenvalue weighted by Gasteiger charge is -1.91. The van der Waals surface area contributed by atoms with Gasteiger partial charge in [0, 0.05) is 6.07 Å². The average Bonchev–Trinajstić information content (AvgIpc) is 2.06. The molecule has 0 amide bonds. The van der Waals surface area contributed by atoms with Gasteiger partial charge in [-0.05, 0) is 12.1 Å². The molecule has 0 fully saturated rings. The van der Waals surface area contributed by atoms with E-state index in [1.54, 1.807) is 12.1 Å². The Morgan fingerprint density at radius 1 is 1.08 bits per heavy atom. The van der Waals surface area contributed by atoms with Crippen LogP contribution in [0.2, 0.25) is 0 Å². The van der Waals surface area contributed by atoms with Crippen molar-refractivity contribution in [1.29, 1.82) is 0 Å². The van der Waals surface area contributed by atoms with Gasteiger partial charge < -0.3 is 4.42 Å². The maximum atomic E-state index is 11.1. The first-order valence-corrected chi connectivity index (χ1v) is 3.34. The van der Waals surface area contributed by atoms with Crippen LogP contribution in [0.15, 0.2) is 45.8 Å².